The molecule has 0 amide bonds. The summed E-state index contributed by atoms with van der Waals surface area (Å²) in [5.74, 6) is 1.77. The summed E-state index contributed by atoms with van der Waals surface area (Å²) < 4.78 is 14.8. The van der Waals surface area contributed by atoms with Gasteiger partial charge in [-0.1, -0.05) is 12.1 Å². The Kier molecular flexibility index (Phi) is 4.90. The van der Waals surface area contributed by atoms with Gasteiger partial charge in [-0.3, -0.25) is 0 Å². The molecule has 1 aromatic carbocycles. The first-order valence-corrected chi connectivity index (χ1v) is 8.31. The zero-order chi connectivity index (χ0) is 15.4. The summed E-state index contributed by atoms with van der Waals surface area (Å²) in [4.78, 5) is 7.04. The van der Waals surface area contributed by atoms with Gasteiger partial charge in [-0.05, 0) is 30.5 Å². The van der Waals surface area contributed by atoms with E-state index in [9.17, 15) is 0 Å². The third-order valence-corrected chi connectivity index (χ3v) is 4.78. The quantitative estimate of drug-likeness (QED) is 0.819. The van der Waals surface area contributed by atoms with E-state index in [1.807, 2.05) is 12.1 Å². The van der Waals surface area contributed by atoms with Crippen molar-refractivity contribution in [2.24, 2.45) is 0 Å². The Morgan fingerprint density at radius 2 is 2.09 bits per heavy atom. The number of ether oxygens (including phenoxy) is 2. The van der Waals surface area contributed by atoms with Gasteiger partial charge in [0.15, 0.2) is 0 Å². The summed E-state index contributed by atoms with van der Waals surface area (Å²) >= 11 is 1.49. The van der Waals surface area contributed by atoms with Gasteiger partial charge in [-0.25, -0.2) is 4.98 Å². The van der Waals surface area contributed by atoms with Gasteiger partial charge in [0, 0.05) is 31.6 Å². The second kappa shape index (κ2) is 7.07. The van der Waals surface area contributed by atoms with Crippen LogP contribution in [0.3, 0.4) is 0 Å². The van der Waals surface area contributed by atoms with Crippen LogP contribution < -0.4 is 9.64 Å². The Hall–Kier alpha value is -1.66. The van der Waals surface area contributed by atoms with Crippen LogP contribution in [0, 0.1) is 0 Å². The molecule has 22 heavy (non-hydrogen) atoms. The molecule has 1 saturated heterocycles. The van der Waals surface area contributed by atoms with Crippen LogP contribution in [0.5, 0.6) is 5.75 Å². The fraction of sp³-hybridized carbons (Fsp3) is 0.500. The minimum Gasteiger partial charge on any atom is -0.497 e. The fourth-order valence-corrected chi connectivity index (χ4v) is 3.61. The van der Waals surface area contributed by atoms with Crippen molar-refractivity contribution in [1.82, 2.24) is 9.36 Å². The smallest absolute Gasteiger partial charge is 0.205 e. The normalized spacial score (nSPS) is 17.9. The van der Waals surface area contributed by atoms with E-state index in [0.717, 1.165) is 36.1 Å². The SMILES string of the molecule is COCCc1nsc(N2CCCC2c2ccc(OC)cc2)n1. The van der Waals surface area contributed by atoms with Crippen LogP contribution in [0.2, 0.25) is 0 Å². The first-order valence-electron chi connectivity index (χ1n) is 7.54. The Labute approximate surface area is 135 Å². The largest absolute Gasteiger partial charge is 0.497 e. The lowest BCUT2D eigenvalue weighted by atomic mass is 10.0. The Bertz CT molecular complexity index is 600. The Morgan fingerprint density at radius 3 is 2.82 bits per heavy atom. The molecule has 118 valence electrons. The van der Waals surface area contributed by atoms with E-state index >= 15 is 0 Å². The van der Waals surface area contributed by atoms with Gasteiger partial charge in [0.1, 0.15) is 11.6 Å². The molecule has 2 aromatic rings. The summed E-state index contributed by atoms with van der Waals surface area (Å²) in [6.07, 6.45) is 3.11. The third kappa shape index (κ3) is 3.23. The Balaban J connectivity index is 1.75. The molecular weight excluding hydrogens is 298 g/mol. The molecule has 0 N–H and O–H groups in total. The van der Waals surface area contributed by atoms with Crippen molar-refractivity contribution in [2.75, 3.05) is 32.3 Å². The second-order valence-electron chi connectivity index (χ2n) is 5.36. The number of rotatable bonds is 6. The lowest BCUT2D eigenvalue weighted by molar-refractivity contribution is 0.201. The second-order valence-corrected chi connectivity index (χ2v) is 6.09. The molecule has 6 heteroatoms. The average molecular weight is 319 g/mol. The van der Waals surface area contributed by atoms with Crippen LogP contribution in [0.1, 0.15) is 30.3 Å². The molecule has 1 aliphatic heterocycles. The monoisotopic (exact) mass is 319 g/mol. The molecular formula is C16H21N3O2S. The van der Waals surface area contributed by atoms with E-state index in [1.54, 1.807) is 14.2 Å². The van der Waals surface area contributed by atoms with Gasteiger partial charge >= 0.3 is 0 Å². The predicted octanol–water partition coefficient (Wildman–Crippen LogP) is 3.08. The molecule has 1 unspecified atom stereocenters. The van der Waals surface area contributed by atoms with E-state index in [4.69, 9.17) is 9.47 Å². The zero-order valence-electron chi connectivity index (χ0n) is 13.0. The van der Waals surface area contributed by atoms with Crippen molar-refractivity contribution in [1.29, 1.82) is 0 Å². The molecule has 5 nitrogen and oxygen atoms in total. The van der Waals surface area contributed by atoms with Gasteiger partial charge in [0.2, 0.25) is 5.13 Å². The minimum absolute atomic E-state index is 0.383. The summed E-state index contributed by atoms with van der Waals surface area (Å²) in [5, 5.41) is 1.02. The average Bonchev–Trinajstić information content (AvgIpc) is 3.21. The van der Waals surface area contributed by atoms with Crippen molar-refractivity contribution in [3.05, 3.63) is 35.7 Å². The zero-order valence-corrected chi connectivity index (χ0v) is 13.8. The van der Waals surface area contributed by atoms with E-state index in [1.165, 1.54) is 23.5 Å². The molecule has 0 spiro atoms. The van der Waals surface area contributed by atoms with Crippen LogP contribution in [0.4, 0.5) is 5.13 Å². The molecule has 0 saturated carbocycles. The topological polar surface area (TPSA) is 47.5 Å². The molecule has 0 radical (unpaired) electrons. The summed E-state index contributed by atoms with van der Waals surface area (Å²) in [7, 11) is 3.40. The maximum absolute atomic E-state index is 5.24. The molecule has 1 atom stereocenters. The van der Waals surface area contributed by atoms with Gasteiger partial charge in [0.05, 0.1) is 19.8 Å². The number of benzene rings is 1. The highest BCUT2D eigenvalue weighted by molar-refractivity contribution is 7.09. The maximum Gasteiger partial charge on any atom is 0.205 e. The molecule has 2 heterocycles. The molecule has 0 aliphatic carbocycles. The van der Waals surface area contributed by atoms with E-state index in [0.29, 0.717) is 12.6 Å². The molecule has 1 aliphatic rings. The fourth-order valence-electron chi connectivity index (χ4n) is 2.82. The van der Waals surface area contributed by atoms with Crippen LogP contribution in [0.25, 0.3) is 0 Å². The predicted molar refractivity (Wildman–Crippen MR) is 87.8 cm³/mol. The summed E-state index contributed by atoms with van der Waals surface area (Å²) in [6, 6.07) is 8.73. The van der Waals surface area contributed by atoms with E-state index < -0.39 is 0 Å². The van der Waals surface area contributed by atoms with Gasteiger partial charge in [-0.2, -0.15) is 4.37 Å². The molecule has 3 rings (SSSR count). The van der Waals surface area contributed by atoms with Crippen molar-refractivity contribution in [2.45, 2.75) is 25.3 Å². The molecule has 1 aromatic heterocycles. The lowest BCUT2D eigenvalue weighted by Crippen LogP contribution is -2.22. The Morgan fingerprint density at radius 1 is 1.27 bits per heavy atom. The van der Waals surface area contributed by atoms with Gasteiger partial charge < -0.3 is 14.4 Å². The minimum atomic E-state index is 0.383. The third-order valence-electron chi connectivity index (χ3n) is 3.99. The van der Waals surface area contributed by atoms with Crippen LogP contribution in [-0.2, 0) is 11.2 Å². The number of hydrogen-bond donors (Lipinski definition) is 0. The van der Waals surface area contributed by atoms with Crippen molar-refractivity contribution in [3.63, 3.8) is 0 Å². The van der Waals surface area contributed by atoms with Crippen LogP contribution in [0.15, 0.2) is 24.3 Å². The highest BCUT2D eigenvalue weighted by atomic mass is 32.1. The first-order chi connectivity index (χ1) is 10.8. The molecule has 0 bridgehead atoms. The summed E-state index contributed by atoms with van der Waals surface area (Å²) in [5.41, 5.74) is 1.31. The van der Waals surface area contributed by atoms with Gasteiger partial charge in [0.25, 0.3) is 0 Å². The van der Waals surface area contributed by atoms with Crippen molar-refractivity contribution >= 4 is 16.7 Å². The van der Waals surface area contributed by atoms with Crippen LogP contribution >= 0.6 is 11.5 Å². The van der Waals surface area contributed by atoms with Crippen molar-refractivity contribution < 1.29 is 9.47 Å². The maximum atomic E-state index is 5.24. The first kappa shape index (κ1) is 15.2. The van der Waals surface area contributed by atoms with E-state index in [2.05, 4.69) is 26.4 Å². The number of aromatic nitrogens is 2. The number of methoxy groups -OCH3 is 2. The number of hydrogen-bond acceptors (Lipinski definition) is 6. The highest BCUT2D eigenvalue weighted by Gasteiger charge is 2.28. The lowest BCUT2D eigenvalue weighted by Gasteiger charge is -2.24. The number of nitrogens with zero attached hydrogens (tertiary/aromatic N) is 3. The standard InChI is InChI=1S/C16H21N3O2S/c1-20-11-9-15-17-16(22-18-15)19-10-3-4-14(19)12-5-7-13(21-2)8-6-12/h5-8,14H,3-4,9-11H2,1-2H3. The van der Waals surface area contributed by atoms with E-state index in [-0.39, 0.29) is 0 Å². The number of anilines is 1. The van der Waals surface area contributed by atoms with Crippen molar-refractivity contribution in [3.8, 4) is 5.75 Å². The van der Waals surface area contributed by atoms with Crippen LogP contribution in [-0.4, -0.2) is 36.7 Å². The molecule has 1 fully saturated rings. The summed E-state index contributed by atoms with van der Waals surface area (Å²) in [6.45, 7) is 1.70. The highest BCUT2D eigenvalue weighted by Crippen LogP contribution is 2.37. The van der Waals surface area contributed by atoms with Gasteiger partial charge in [-0.15, -0.1) is 0 Å².